The number of carbonyl (C=O) groups is 1. The number of hydrogen-bond acceptors (Lipinski definition) is 5. The molecule has 2 aliphatic rings. The van der Waals surface area contributed by atoms with Crippen molar-refractivity contribution in [3.8, 4) is 10.4 Å². The minimum Gasteiger partial charge on any atom is -0.354 e. The summed E-state index contributed by atoms with van der Waals surface area (Å²) in [6.07, 6.45) is 3.78. The molecule has 2 saturated heterocycles. The van der Waals surface area contributed by atoms with Crippen LogP contribution < -0.4 is 10.2 Å². The van der Waals surface area contributed by atoms with E-state index >= 15 is 0 Å². The molecule has 0 bridgehead atoms. The second-order valence-corrected chi connectivity index (χ2v) is 8.09. The maximum Gasteiger partial charge on any atom is 0.317 e. The molecular weight excluding hydrogens is 358 g/mol. The fourth-order valence-corrected chi connectivity index (χ4v) is 5.08. The summed E-state index contributed by atoms with van der Waals surface area (Å²) in [7, 11) is 0. The monoisotopic (exact) mass is 379 g/mol. The van der Waals surface area contributed by atoms with Gasteiger partial charge in [0.2, 0.25) is 0 Å². The Hall–Kier alpha value is -2.67. The number of urea groups is 1. The van der Waals surface area contributed by atoms with Crippen molar-refractivity contribution in [1.82, 2.24) is 20.2 Å². The quantitative estimate of drug-likeness (QED) is 0.758. The average Bonchev–Trinajstić information content (AvgIpc) is 3.34. The van der Waals surface area contributed by atoms with E-state index < -0.39 is 0 Å². The zero-order chi connectivity index (χ0) is 18.2. The zero-order valence-electron chi connectivity index (χ0n) is 15.0. The molecule has 0 radical (unpaired) electrons. The van der Waals surface area contributed by atoms with Gasteiger partial charge in [0, 0.05) is 31.1 Å². The summed E-state index contributed by atoms with van der Waals surface area (Å²) in [5.41, 5.74) is 1.21. The van der Waals surface area contributed by atoms with Gasteiger partial charge in [-0.2, -0.15) is 0 Å². The molecule has 2 fully saturated rings. The van der Waals surface area contributed by atoms with Crippen LogP contribution in [0.3, 0.4) is 0 Å². The SMILES string of the molecule is O=C1NCCN1C1CCCN(c2ncnc3sc(-c4ccccc4)cc23)C1. The number of anilines is 1. The first-order valence-corrected chi connectivity index (χ1v) is 10.2. The summed E-state index contributed by atoms with van der Waals surface area (Å²) in [6, 6.07) is 12.9. The molecule has 2 amide bonds. The summed E-state index contributed by atoms with van der Waals surface area (Å²) in [4.78, 5) is 27.7. The average molecular weight is 379 g/mol. The maximum atomic E-state index is 12.1. The van der Waals surface area contributed by atoms with E-state index in [9.17, 15) is 4.79 Å². The van der Waals surface area contributed by atoms with E-state index in [2.05, 4.69) is 50.5 Å². The Morgan fingerprint density at radius 2 is 2.04 bits per heavy atom. The molecule has 6 nitrogen and oxygen atoms in total. The van der Waals surface area contributed by atoms with Crippen LogP contribution >= 0.6 is 11.3 Å². The number of hydrogen-bond donors (Lipinski definition) is 1. The molecule has 1 unspecified atom stereocenters. The first-order chi connectivity index (χ1) is 13.3. The first-order valence-electron chi connectivity index (χ1n) is 9.39. The number of piperidine rings is 1. The van der Waals surface area contributed by atoms with Crippen LogP contribution in [0.15, 0.2) is 42.7 Å². The van der Waals surface area contributed by atoms with Crippen LogP contribution in [0.1, 0.15) is 12.8 Å². The van der Waals surface area contributed by atoms with Crippen LogP contribution in [0.2, 0.25) is 0 Å². The minimum atomic E-state index is 0.0663. The van der Waals surface area contributed by atoms with Gasteiger partial charge in [-0.05, 0) is 24.5 Å². The largest absolute Gasteiger partial charge is 0.354 e. The van der Waals surface area contributed by atoms with Crippen molar-refractivity contribution in [3.05, 3.63) is 42.7 Å². The molecular formula is C20H21N5OS. The third kappa shape index (κ3) is 3.02. The van der Waals surface area contributed by atoms with Crippen LogP contribution in [0.4, 0.5) is 10.6 Å². The van der Waals surface area contributed by atoms with Gasteiger partial charge in [0.15, 0.2) is 0 Å². The van der Waals surface area contributed by atoms with E-state index in [-0.39, 0.29) is 12.1 Å². The van der Waals surface area contributed by atoms with E-state index in [0.717, 1.165) is 55.1 Å². The Morgan fingerprint density at radius 1 is 1.15 bits per heavy atom. The number of amides is 2. The van der Waals surface area contributed by atoms with E-state index in [1.165, 1.54) is 10.4 Å². The Balaban J connectivity index is 1.47. The molecule has 0 saturated carbocycles. The zero-order valence-corrected chi connectivity index (χ0v) is 15.8. The Bertz CT molecular complexity index is 973. The highest BCUT2D eigenvalue weighted by Crippen LogP contribution is 2.36. The molecule has 0 spiro atoms. The van der Waals surface area contributed by atoms with Gasteiger partial charge in [0.05, 0.1) is 11.4 Å². The fraction of sp³-hybridized carbons (Fsp3) is 0.350. The third-order valence-corrected chi connectivity index (χ3v) is 6.49. The van der Waals surface area contributed by atoms with Gasteiger partial charge in [0.25, 0.3) is 0 Å². The van der Waals surface area contributed by atoms with Gasteiger partial charge in [-0.15, -0.1) is 11.3 Å². The summed E-state index contributed by atoms with van der Waals surface area (Å²) in [6.45, 7) is 3.34. The van der Waals surface area contributed by atoms with Crippen LogP contribution in [0, 0.1) is 0 Å². The van der Waals surface area contributed by atoms with Crippen molar-refractivity contribution in [1.29, 1.82) is 0 Å². The Morgan fingerprint density at radius 3 is 2.85 bits per heavy atom. The molecule has 4 heterocycles. The normalized spacial score (nSPS) is 20.3. The predicted molar refractivity (Wildman–Crippen MR) is 108 cm³/mol. The Labute approximate surface area is 161 Å². The summed E-state index contributed by atoms with van der Waals surface area (Å²) < 4.78 is 0. The smallest absolute Gasteiger partial charge is 0.317 e. The number of nitrogens with one attached hydrogen (secondary N) is 1. The molecule has 0 aliphatic carbocycles. The fourth-order valence-electron chi connectivity index (χ4n) is 4.08. The number of rotatable bonds is 3. The van der Waals surface area contributed by atoms with Crippen molar-refractivity contribution >= 4 is 33.4 Å². The standard InChI is InChI=1S/C20H21N5OS/c26-20-21-8-10-25(20)15-7-4-9-24(12-15)18-16-11-17(14-5-2-1-3-6-14)27-19(16)23-13-22-18/h1-3,5-6,11,13,15H,4,7-10,12H2,(H,21,26). The molecule has 7 heteroatoms. The van der Waals surface area contributed by atoms with E-state index in [4.69, 9.17) is 0 Å². The van der Waals surface area contributed by atoms with Gasteiger partial charge in [-0.25, -0.2) is 14.8 Å². The van der Waals surface area contributed by atoms with E-state index in [1.54, 1.807) is 17.7 Å². The summed E-state index contributed by atoms with van der Waals surface area (Å²) in [5, 5.41) is 4.02. The molecule has 2 aromatic heterocycles. The molecule has 5 rings (SSSR count). The Kier molecular flexibility index (Phi) is 4.16. The van der Waals surface area contributed by atoms with E-state index in [1.807, 2.05) is 11.0 Å². The number of aromatic nitrogens is 2. The molecule has 138 valence electrons. The van der Waals surface area contributed by atoms with Crippen LogP contribution in [-0.4, -0.2) is 53.1 Å². The highest BCUT2D eigenvalue weighted by molar-refractivity contribution is 7.21. The van der Waals surface area contributed by atoms with Gasteiger partial charge in [-0.1, -0.05) is 30.3 Å². The predicted octanol–water partition coefficient (Wildman–Crippen LogP) is 3.35. The lowest BCUT2D eigenvalue weighted by molar-refractivity contribution is 0.189. The molecule has 3 aromatic rings. The number of thiophene rings is 1. The highest BCUT2D eigenvalue weighted by Gasteiger charge is 2.32. The van der Waals surface area contributed by atoms with Gasteiger partial charge >= 0.3 is 6.03 Å². The second-order valence-electron chi connectivity index (χ2n) is 7.06. The maximum absolute atomic E-state index is 12.1. The number of carbonyl (C=O) groups excluding carboxylic acids is 1. The lowest BCUT2D eigenvalue weighted by atomic mass is 10.0. The van der Waals surface area contributed by atoms with Crippen molar-refractivity contribution in [2.24, 2.45) is 0 Å². The highest BCUT2D eigenvalue weighted by atomic mass is 32.1. The van der Waals surface area contributed by atoms with E-state index in [0.29, 0.717) is 0 Å². The third-order valence-electron chi connectivity index (χ3n) is 5.39. The van der Waals surface area contributed by atoms with Gasteiger partial charge in [0.1, 0.15) is 17.0 Å². The molecule has 2 aliphatic heterocycles. The summed E-state index contributed by atoms with van der Waals surface area (Å²) >= 11 is 1.70. The second kappa shape index (κ2) is 6.81. The summed E-state index contributed by atoms with van der Waals surface area (Å²) in [5.74, 6) is 0.989. The van der Waals surface area contributed by atoms with Crippen molar-refractivity contribution in [2.75, 3.05) is 31.1 Å². The van der Waals surface area contributed by atoms with Crippen LogP contribution in [-0.2, 0) is 0 Å². The lowest BCUT2D eigenvalue weighted by Gasteiger charge is -2.37. The van der Waals surface area contributed by atoms with Crippen molar-refractivity contribution in [2.45, 2.75) is 18.9 Å². The van der Waals surface area contributed by atoms with Gasteiger partial charge in [-0.3, -0.25) is 0 Å². The number of benzene rings is 1. The topological polar surface area (TPSA) is 61.4 Å². The first kappa shape index (κ1) is 16.5. The minimum absolute atomic E-state index is 0.0663. The number of nitrogens with zero attached hydrogens (tertiary/aromatic N) is 4. The molecule has 1 atom stereocenters. The van der Waals surface area contributed by atoms with Crippen molar-refractivity contribution < 1.29 is 4.79 Å². The number of fused-ring (bicyclic) bond motifs is 1. The van der Waals surface area contributed by atoms with Gasteiger partial charge < -0.3 is 15.1 Å². The lowest BCUT2D eigenvalue weighted by Crippen LogP contribution is -2.49. The van der Waals surface area contributed by atoms with Crippen molar-refractivity contribution in [3.63, 3.8) is 0 Å². The molecule has 1 N–H and O–H groups in total. The molecule has 27 heavy (non-hydrogen) atoms. The molecule has 1 aromatic carbocycles. The van der Waals surface area contributed by atoms with Crippen LogP contribution in [0.25, 0.3) is 20.7 Å². The van der Waals surface area contributed by atoms with Crippen LogP contribution in [0.5, 0.6) is 0 Å².